The average Bonchev–Trinajstić information content (AvgIpc) is 3.07. The summed E-state index contributed by atoms with van der Waals surface area (Å²) in [7, 11) is 1.58. The van der Waals surface area contributed by atoms with E-state index < -0.39 is 11.5 Å². The molecule has 2 aliphatic carbocycles. The third-order valence-corrected chi connectivity index (χ3v) is 9.48. The minimum atomic E-state index is -0.764. The smallest absolute Gasteiger partial charge is 0.349 e. The molecule has 242 valence electrons. The molecule has 10 heteroatoms. The number of carbonyl (C=O) groups is 2. The summed E-state index contributed by atoms with van der Waals surface area (Å²) in [6, 6.07) is 21.5. The number of Topliss-reactive ketones (excluding diaryl/α,β-unsaturated/α-hetero) is 1. The third-order valence-electron chi connectivity index (χ3n) is 9.11. The fraction of sp³-hybridized carbons (Fsp3) is 0.211. The number of amides is 1. The zero-order valence-corrected chi connectivity index (χ0v) is 26.8. The molecule has 3 aliphatic rings. The molecular formula is C38H31NO8S. The van der Waals surface area contributed by atoms with Crippen molar-refractivity contribution in [2.45, 2.75) is 43.0 Å². The Balaban J connectivity index is 1.04. The van der Waals surface area contributed by atoms with Crippen molar-refractivity contribution >= 4 is 46.3 Å². The highest BCUT2D eigenvalue weighted by Crippen LogP contribution is 2.43. The lowest BCUT2D eigenvalue weighted by Crippen LogP contribution is -2.39. The van der Waals surface area contributed by atoms with E-state index in [4.69, 9.17) is 26.2 Å². The number of rotatable bonds is 7. The van der Waals surface area contributed by atoms with Crippen LogP contribution < -0.4 is 21.1 Å². The van der Waals surface area contributed by atoms with Crippen LogP contribution in [0.1, 0.15) is 52.8 Å². The van der Waals surface area contributed by atoms with Crippen molar-refractivity contribution in [3.63, 3.8) is 0 Å². The summed E-state index contributed by atoms with van der Waals surface area (Å²) >= 11 is 4.81. The van der Waals surface area contributed by atoms with Gasteiger partial charge in [-0.05, 0) is 85.7 Å². The Labute approximate surface area is 279 Å². The molecule has 1 saturated carbocycles. The van der Waals surface area contributed by atoms with E-state index in [0.29, 0.717) is 52.2 Å². The van der Waals surface area contributed by atoms with Gasteiger partial charge in [0, 0.05) is 63.0 Å². The zero-order chi connectivity index (χ0) is 33.5. The first-order valence-corrected chi connectivity index (χ1v) is 16.1. The van der Waals surface area contributed by atoms with Crippen molar-refractivity contribution in [3.05, 3.63) is 111 Å². The van der Waals surface area contributed by atoms with Gasteiger partial charge in [-0.15, -0.1) is 12.6 Å². The lowest BCUT2D eigenvalue weighted by Gasteiger charge is -2.28. The van der Waals surface area contributed by atoms with Gasteiger partial charge in [0.25, 0.3) is 5.91 Å². The molecule has 9 nitrogen and oxygen atoms in total. The van der Waals surface area contributed by atoms with Crippen LogP contribution >= 0.6 is 12.6 Å². The van der Waals surface area contributed by atoms with Crippen LogP contribution in [0.15, 0.2) is 102 Å². The fourth-order valence-corrected chi connectivity index (χ4v) is 6.92. The molecule has 0 spiro atoms. The quantitative estimate of drug-likeness (QED) is 0.0706. The number of thiol groups is 1. The van der Waals surface area contributed by atoms with Crippen molar-refractivity contribution in [2.24, 2.45) is 5.92 Å². The molecule has 1 fully saturated rings. The van der Waals surface area contributed by atoms with E-state index in [2.05, 4.69) is 5.32 Å². The molecule has 2 N–H and O–H groups in total. The van der Waals surface area contributed by atoms with Gasteiger partial charge in [0.1, 0.15) is 34.0 Å². The Bertz CT molecular complexity index is 2320. The van der Waals surface area contributed by atoms with Crippen molar-refractivity contribution in [3.8, 4) is 33.9 Å². The van der Waals surface area contributed by atoms with E-state index in [-0.39, 0.29) is 40.1 Å². The van der Waals surface area contributed by atoms with Crippen LogP contribution in [-0.4, -0.2) is 29.9 Å². The number of phenols is 1. The first kappa shape index (κ1) is 31.3. The highest BCUT2D eigenvalue weighted by Gasteiger charge is 2.27. The maximum Gasteiger partial charge on any atom is 0.349 e. The molecule has 0 bridgehead atoms. The second-order valence-electron chi connectivity index (χ2n) is 12.2. The van der Waals surface area contributed by atoms with Crippen molar-refractivity contribution < 1.29 is 28.3 Å². The highest BCUT2D eigenvalue weighted by atomic mass is 32.1. The average molecular weight is 662 g/mol. The number of benzene rings is 4. The maximum absolute atomic E-state index is 13.4. The number of aromatic hydroxyl groups is 1. The number of fused-ring (bicyclic) bond motifs is 3. The number of ether oxygens (including phenoxy) is 1. The summed E-state index contributed by atoms with van der Waals surface area (Å²) in [5, 5.41) is 13.9. The predicted octanol–water partition coefficient (Wildman–Crippen LogP) is 7.24. The molecule has 1 aliphatic heterocycles. The van der Waals surface area contributed by atoms with E-state index in [1.54, 1.807) is 31.4 Å². The second kappa shape index (κ2) is 12.7. The molecule has 0 radical (unpaired) electrons. The number of methoxy groups -OCH3 is 1. The van der Waals surface area contributed by atoms with Crippen molar-refractivity contribution in [2.75, 3.05) is 7.11 Å². The van der Waals surface area contributed by atoms with Gasteiger partial charge in [0.2, 0.25) is 0 Å². The number of carbonyl (C=O) groups excluding carboxylic acids is 2. The highest BCUT2D eigenvalue weighted by molar-refractivity contribution is 7.80. The van der Waals surface area contributed by atoms with Crippen LogP contribution in [0, 0.1) is 5.92 Å². The SMILES string of the molecule is COc1ccc2c(-c3ccc(C(=O)CC4CCC(NC(=O)c5cc6ccc(O)cc6oc5=O)CC4)cc3S)c3ccc(=O)cc-3oc2c1. The van der Waals surface area contributed by atoms with Gasteiger partial charge in [0.15, 0.2) is 11.2 Å². The van der Waals surface area contributed by atoms with Crippen molar-refractivity contribution in [1.82, 2.24) is 5.32 Å². The Morgan fingerprint density at radius 1 is 0.875 bits per heavy atom. The number of ketones is 1. The largest absolute Gasteiger partial charge is 0.508 e. The van der Waals surface area contributed by atoms with Crippen LogP contribution in [0.3, 0.4) is 0 Å². The molecule has 48 heavy (non-hydrogen) atoms. The molecule has 4 aromatic rings. The van der Waals surface area contributed by atoms with Gasteiger partial charge in [-0.1, -0.05) is 12.1 Å². The Morgan fingerprint density at radius 2 is 1.67 bits per heavy atom. The summed E-state index contributed by atoms with van der Waals surface area (Å²) in [6.07, 6.45) is 3.25. The standard InChI is InChI=1S/C38H31NO8S/c1-45-26-10-13-28-34(19-26)46-33-18-25(41)9-12-27(33)36(28)29-11-5-21(16-35(29)48)31(42)14-20-2-6-23(7-3-20)39-37(43)30-15-22-4-8-24(40)17-32(22)47-38(30)44/h4-5,8-13,15-20,23,40,48H,2-3,6-7,14H2,1H3,(H,39,43). The van der Waals surface area contributed by atoms with Crippen molar-refractivity contribution in [1.29, 1.82) is 0 Å². The maximum atomic E-state index is 13.4. The topological polar surface area (TPSA) is 136 Å². The molecular weight excluding hydrogens is 630 g/mol. The van der Waals surface area contributed by atoms with E-state index in [0.717, 1.165) is 34.9 Å². The Hall–Kier alpha value is -5.35. The number of hydrogen-bond acceptors (Lipinski definition) is 9. The Kier molecular flexibility index (Phi) is 8.26. The normalized spacial score (nSPS) is 16.3. The van der Waals surface area contributed by atoms with Gasteiger partial charge in [-0.2, -0.15) is 0 Å². The monoisotopic (exact) mass is 661 g/mol. The first-order chi connectivity index (χ1) is 23.2. The lowest BCUT2D eigenvalue weighted by atomic mass is 9.82. The summed E-state index contributed by atoms with van der Waals surface area (Å²) in [5.74, 6) is 0.711. The van der Waals surface area contributed by atoms with Crippen LogP contribution in [0.2, 0.25) is 0 Å². The van der Waals surface area contributed by atoms with Gasteiger partial charge in [0.05, 0.1) is 7.11 Å². The Morgan fingerprint density at radius 3 is 2.44 bits per heavy atom. The minimum Gasteiger partial charge on any atom is -0.508 e. The summed E-state index contributed by atoms with van der Waals surface area (Å²) < 4.78 is 16.7. The van der Waals surface area contributed by atoms with Crippen LogP contribution in [0.25, 0.3) is 44.4 Å². The van der Waals surface area contributed by atoms with E-state index in [1.165, 1.54) is 30.3 Å². The summed E-state index contributed by atoms with van der Waals surface area (Å²) in [4.78, 5) is 51.6. The zero-order valence-electron chi connectivity index (χ0n) is 25.9. The van der Waals surface area contributed by atoms with Gasteiger partial charge in [-0.3, -0.25) is 14.4 Å². The first-order valence-electron chi connectivity index (χ1n) is 15.7. The number of nitrogens with one attached hydrogen (secondary N) is 1. The summed E-state index contributed by atoms with van der Waals surface area (Å²) in [6.45, 7) is 0. The summed E-state index contributed by atoms with van der Waals surface area (Å²) in [5.41, 5.74) is 2.72. The van der Waals surface area contributed by atoms with Gasteiger partial charge in [-0.25, -0.2) is 4.79 Å². The minimum absolute atomic E-state index is 0.0163. The molecule has 2 heterocycles. The lowest BCUT2D eigenvalue weighted by molar-refractivity contribution is 0.0894. The molecule has 3 aromatic carbocycles. The van der Waals surface area contributed by atoms with Gasteiger partial charge >= 0.3 is 5.63 Å². The van der Waals surface area contributed by atoms with Crippen LogP contribution in [-0.2, 0) is 0 Å². The third kappa shape index (κ3) is 6.06. The van der Waals surface area contributed by atoms with E-state index >= 15 is 0 Å². The number of phenolic OH excluding ortho intramolecular Hbond substituents is 1. The molecule has 0 atom stereocenters. The molecule has 1 amide bonds. The van der Waals surface area contributed by atoms with E-state index in [9.17, 15) is 24.3 Å². The fourth-order valence-electron chi connectivity index (χ4n) is 6.60. The molecule has 0 saturated heterocycles. The van der Waals surface area contributed by atoms with Crippen LogP contribution in [0.4, 0.5) is 0 Å². The van der Waals surface area contributed by atoms with Crippen LogP contribution in [0.5, 0.6) is 11.5 Å². The predicted molar refractivity (Wildman–Crippen MR) is 185 cm³/mol. The molecule has 7 rings (SSSR count). The van der Waals surface area contributed by atoms with Gasteiger partial charge < -0.3 is 24.0 Å². The second-order valence-corrected chi connectivity index (χ2v) is 12.7. The molecule has 0 unspecified atom stereocenters. The number of hydrogen-bond donors (Lipinski definition) is 3. The molecule has 1 aromatic heterocycles. The van der Waals surface area contributed by atoms with E-state index in [1.807, 2.05) is 24.3 Å².